The molecule has 6 nitrogen and oxygen atoms in total. The molecule has 1 aliphatic heterocycles. The van der Waals surface area contributed by atoms with Gasteiger partial charge < -0.3 is 15.1 Å². The minimum Gasteiger partial charge on any atom is -0.352 e. The van der Waals surface area contributed by atoms with Gasteiger partial charge in [0.1, 0.15) is 17.0 Å². The van der Waals surface area contributed by atoms with Crippen molar-refractivity contribution in [3.63, 3.8) is 0 Å². The van der Waals surface area contributed by atoms with Crippen molar-refractivity contribution in [3.05, 3.63) is 17.8 Å². The van der Waals surface area contributed by atoms with E-state index in [0.717, 1.165) is 48.8 Å². The number of aromatic nitrogens is 2. The zero-order valence-electron chi connectivity index (χ0n) is 13.0. The molecule has 1 saturated heterocycles. The summed E-state index contributed by atoms with van der Waals surface area (Å²) >= 11 is 1.63. The number of carbonyl (C=O) groups is 1. The number of amides is 1. The first-order valence-electron chi connectivity index (χ1n) is 7.57. The molecule has 1 amide bonds. The summed E-state index contributed by atoms with van der Waals surface area (Å²) in [4.78, 5) is 26.3. The maximum atomic E-state index is 12.3. The van der Waals surface area contributed by atoms with Gasteiger partial charge in [0, 0.05) is 38.6 Å². The molecule has 118 valence electrons. The summed E-state index contributed by atoms with van der Waals surface area (Å²) in [6.45, 7) is 5.84. The standard InChI is InChI=1S/C15H21N5OS/c1-11(9-16-2)15(21)20-6-4-19(5-7-20)13-12-3-8-22-14(12)18-10-17-13/h3,8,10-11,16H,4-7,9H2,1-2H3. The second-order valence-electron chi connectivity index (χ2n) is 5.61. The van der Waals surface area contributed by atoms with Crippen molar-refractivity contribution in [1.29, 1.82) is 0 Å². The summed E-state index contributed by atoms with van der Waals surface area (Å²) in [5.41, 5.74) is 0. The van der Waals surface area contributed by atoms with E-state index in [-0.39, 0.29) is 11.8 Å². The average Bonchev–Trinajstić information content (AvgIpc) is 3.03. The van der Waals surface area contributed by atoms with Gasteiger partial charge in [0.2, 0.25) is 5.91 Å². The lowest BCUT2D eigenvalue weighted by Gasteiger charge is -2.36. The largest absolute Gasteiger partial charge is 0.352 e. The minimum absolute atomic E-state index is 0.0270. The van der Waals surface area contributed by atoms with Crippen molar-refractivity contribution in [2.75, 3.05) is 44.7 Å². The highest BCUT2D eigenvalue weighted by Crippen LogP contribution is 2.27. The molecule has 2 aromatic heterocycles. The van der Waals surface area contributed by atoms with E-state index in [9.17, 15) is 4.79 Å². The Hall–Kier alpha value is -1.73. The molecule has 1 fully saturated rings. The summed E-state index contributed by atoms with van der Waals surface area (Å²) in [6.07, 6.45) is 1.63. The lowest BCUT2D eigenvalue weighted by atomic mass is 10.1. The van der Waals surface area contributed by atoms with E-state index in [0.29, 0.717) is 0 Å². The lowest BCUT2D eigenvalue weighted by molar-refractivity contribution is -0.135. The molecule has 2 aromatic rings. The molecule has 1 N–H and O–H groups in total. The van der Waals surface area contributed by atoms with E-state index in [1.165, 1.54) is 0 Å². The van der Waals surface area contributed by atoms with Crippen molar-refractivity contribution in [1.82, 2.24) is 20.2 Å². The van der Waals surface area contributed by atoms with Crippen LogP contribution in [0.15, 0.2) is 17.8 Å². The number of rotatable bonds is 4. The Morgan fingerprint density at radius 3 is 2.86 bits per heavy atom. The van der Waals surface area contributed by atoms with Gasteiger partial charge in [-0.2, -0.15) is 0 Å². The van der Waals surface area contributed by atoms with E-state index in [1.807, 2.05) is 24.3 Å². The zero-order valence-corrected chi connectivity index (χ0v) is 13.8. The van der Waals surface area contributed by atoms with E-state index in [4.69, 9.17) is 0 Å². The van der Waals surface area contributed by atoms with Crippen LogP contribution in [-0.2, 0) is 4.79 Å². The van der Waals surface area contributed by atoms with Crippen LogP contribution in [-0.4, -0.2) is 60.5 Å². The van der Waals surface area contributed by atoms with E-state index < -0.39 is 0 Å². The summed E-state index contributed by atoms with van der Waals surface area (Å²) in [6, 6.07) is 2.07. The fraction of sp³-hybridized carbons (Fsp3) is 0.533. The predicted octanol–water partition coefficient (Wildman–Crippen LogP) is 1.20. The average molecular weight is 319 g/mol. The highest BCUT2D eigenvalue weighted by Gasteiger charge is 2.25. The van der Waals surface area contributed by atoms with Gasteiger partial charge >= 0.3 is 0 Å². The van der Waals surface area contributed by atoms with Gasteiger partial charge in [0.05, 0.1) is 5.39 Å². The van der Waals surface area contributed by atoms with Crippen molar-refractivity contribution in [2.45, 2.75) is 6.92 Å². The molecule has 22 heavy (non-hydrogen) atoms. The number of fused-ring (bicyclic) bond motifs is 1. The Morgan fingerprint density at radius 1 is 1.36 bits per heavy atom. The highest BCUT2D eigenvalue weighted by molar-refractivity contribution is 7.16. The fourth-order valence-corrected chi connectivity index (χ4v) is 3.60. The Labute approximate surface area is 134 Å². The van der Waals surface area contributed by atoms with Crippen LogP contribution in [0.5, 0.6) is 0 Å². The summed E-state index contributed by atoms with van der Waals surface area (Å²) in [7, 11) is 1.88. The maximum Gasteiger partial charge on any atom is 0.226 e. The van der Waals surface area contributed by atoms with Gasteiger partial charge in [-0.1, -0.05) is 6.92 Å². The number of hydrogen-bond donors (Lipinski definition) is 1. The van der Waals surface area contributed by atoms with Crippen LogP contribution in [0.3, 0.4) is 0 Å². The monoisotopic (exact) mass is 319 g/mol. The number of nitrogens with zero attached hydrogens (tertiary/aromatic N) is 4. The van der Waals surface area contributed by atoms with Gasteiger partial charge in [-0.25, -0.2) is 9.97 Å². The normalized spacial score (nSPS) is 17.0. The third-order valence-electron chi connectivity index (χ3n) is 4.06. The number of nitrogens with one attached hydrogen (secondary N) is 1. The van der Waals surface area contributed by atoms with E-state index in [2.05, 4.69) is 26.3 Å². The Morgan fingerprint density at radius 2 is 2.14 bits per heavy atom. The first-order valence-corrected chi connectivity index (χ1v) is 8.45. The summed E-state index contributed by atoms with van der Waals surface area (Å²) < 4.78 is 0. The molecule has 1 atom stereocenters. The highest BCUT2D eigenvalue weighted by atomic mass is 32.1. The number of piperazine rings is 1. The first kappa shape index (κ1) is 15.2. The summed E-state index contributed by atoms with van der Waals surface area (Å²) in [5, 5.41) is 6.22. The molecule has 0 saturated carbocycles. The molecule has 7 heteroatoms. The van der Waals surface area contributed by atoms with Gasteiger partial charge in [-0.05, 0) is 18.5 Å². The smallest absolute Gasteiger partial charge is 0.226 e. The number of carbonyl (C=O) groups excluding carboxylic acids is 1. The second-order valence-corrected chi connectivity index (χ2v) is 6.50. The molecule has 0 bridgehead atoms. The van der Waals surface area contributed by atoms with E-state index >= 15 is 0 Å². The fourth-order valence-electron chi connectivity index (χ4n) is 2.87. The molecule has 1 aliphatic rings. The van der Waals surface area contributed by atoms with Gasteiger partial charge in [0.25, 0.3) is 0 Å². The molecular formula is C15H21N5OS. The molecule has 3 rings (SSSR count). The molecular weight excluding hydrogens is 298 g/mol. The molecule has 0 spiro atoms. The Kier molecular flexibility index (Phi) is 4.54. The molecule has 1 unspecified atom stereocenters. The topological polar surface area (TPSA) is 61.4 Å². The van der Waals surface area contributed by atoms with Crippen LogP contribution >= 0.6 is 11.3 Å². The molecule has 0 aromatic carbocycles. The van der Waals surface area contributed by atoms with Crippen molar-refractivity contribution >= 4 is 33.3 Å². The second kappa shape index (κ2) is 6.58. The van der Waals surface area contributed by atoms with Crippen molar-refractivity contribution in [3.8, 4) is 0 Å². The van der Waals surface area contributed by atoms with Crippen LogP contribution in [0, 0.1) is 5.92 Å². The SMILES string of the molecule is CNCC(C)C(=O)N1CCN(c2ncnc3sccc23)CC1. The van der Waals surface area contributed by atoms with Crippen molar-refractivity contribution in [2.24, 2.45) is 5.92 Å². The van der Waals surface area contributed by atoms with Crippen LogP contribution in [0.2, 0.25) is 0 Å². The van der Waals surface area contributed by atoms with Gasteiger partial charge in [-0.3, -0.25) is 4.79 Å². The number of thiophene rings is 1. The minimum atomic E-state index is 0.0270. The Balaban J connectivity index is 1.67. The molecule has 3 heterocycles. The quantitative estimate of drug-likeness (QED) is 0.917. The zero-order chi connectivity index (χ0) is 15.5. The van der Waals surface area contributed by atoms with Gasteiger partial charge in [0.15, 0.2) is 0 Å². The van der Waals surface area contributed by atoms with Gasteiger partial charge in [-0.15, -0.1) is 11.3 Å². The maximum absolute atomic E-state index is 12.3. The van der Waals surface area contributed by atoms with Crippen LogP contribution in [0.1, 0.15) is 6.92 Å². The van der Waals surface area contributed by atoms with Crippen LogP contribution < -0.4 is 10.2 Å². The predicted molar refractivity (Wildman–Crippen MR) is 89.3 cm³/mol. The molecule has 0 aliphatic carbocycles. The van der Waals surface area contributed by atoms with Crippen LogP contribution in [0.25, 0.3) is 10.2 Å². The third-order valence-corrected chi connectivity index (χ3v) is 4.88. The van der Waals surface area contributed by atoms with Crippen LogP contribution in [0.4, 0.5) is 5.82 Å². The van der Waals surface area contributed by atoms with E-state index in [1.54, 1.807) is 17.7 Å². The number of anilines is 1. The number of hydrogen-bond acceptors (Lipinski definition) is 6. The van der Waals surface area contributed by atoms with Crippen molar-refractivity contribution < 1.29 is 4.79 Å². The first-order chi connectivity index (χ1) is 10.7. The Bertz CT molecular complexity index is 650. The lowest BCUT2D eigenvalue weighted by Crippen LogP contribution is -2.51. The summed E-state index contributed by atoms with van der Waals surface area (Å²) in [5.74, 6) is 1.25. The third kappa shape index (κ3) is 2.91. The molecule has 0 radical (unpaired) electrons.